The Labute approximate surface area is 181 Å². The molecule has 3 aromatic rings. The lowest BCUT2D eigenvalue weighted by Gasteiger charge is -2.38. The summed E-state index contributed by atoms with van der Waals surface area (Å²) in [5, 5.41) is 7.21. The molecule has 3 aromatic carbocycles. The standard InChI is InChI=1S/C26H24N2O3/c1-16-7-9-19(17(2)13-16)26-28-22(20-5-3-4-6-23(20)31-26)15-21(27-28)18-8-10-24-25(14-18)30-12-11-29-24/h3-10,13-14,22,26H,11-12,15H2,1-2H3/t22-,26-/m0/s1. The minimum atomic E-state index is -0.254. The zero-order chi connectivity index (χ0) is 20.9. The fourth-order valence-electron chi connectivity index (χ4n) is 4.74. The summed E-state index contributed by atoms with van der Waals surface area (Å²) in [6.07, 6.45) is 0.566. The van der Waals surface area contributed by atoms with Crippen LogP contribution < -0.4 is 14.2 Å². The summed E-state index contributed by atoms with van der Waals surface area (Å²) in [6, 6.07) is 21.1. The third-order valence-corrected chi connectivity index (χ3v) is 6.27. The van der Waals surface area contributed by atoms with Crippen molar-refractivity contribution in [3.8, 4) is 17.2 Å². The van der Waals surface area contributed by atoms with Crippen LogP contribution in [0.25, 0.3) is 0 Å². The molecule has 5 heteroatoms. The predicted octanol–water partition coefficient (Wildman–Crippen LogP) is 5.32. The topological polar surface area (TPSA) is 43.3 Å². The van der Waals surface area contributed by atoms with Crippen molar-refractivity contribution < 1.29 is 14.2 Å². The van der Waals surface area contributed by atoms with E-state index in [4.69, 9.17) is 19.3 Å². The molecule has 0 bridgehead atoms. The summed E-state index contributed by atoms with van der Waals surface area (Å²) in [5.41, 5.74) is 6.90. The van der Waals surface area contributed by atoms with E-state index in [2.05, 4.69) is 61.3 Å². The number of para-hydroxylation sites is 1. The summed E-state index contributed by atoms with van der Waals surface area (Å²) >= 11 is 0. The lowest BCUT2D eigenvalue weighted by Crippen LogP contribution is -2.34. The third-order valence-electron chi connectivity index (χ3n) is 6.27. The van der Waals surface area contributed by atoms with E-state index in [-0.39, 0.29) is 12.3 Å². The van der Waals surface area contributed by atoms with Gasteiger partial charge in [-0.05, 0) is 43.7 Å². The minimum Gasteiger partial charge on any atom is -0.486 e. The SMILES string of the molecule is Cc1ccc([C@@H]2Oc3ccccc3[C@@H]3CC(c4ccc5c(c4)OCCO5)=NN32)c(C)c1. The van der Waals surface area contributed by atoms with Crippen LogP contribution in [0, 0.1) is 13.8 Å². The fourth-order valence-corrected chi connectivity index (χ4v) is 4.74. The number of ether oxygens (including phenoxy) is 3. The molecule has 0 radical (unpaired) electrons. The quantitative estimate of drug-likeness (QED) is 0.572. The van der Waals surface area contributed by atoms with Crippen LogP contribution in [0.2, 0.25) is 0 Å². The summed E-state index contributed by atoms with van der Waals surface area (Å²) in [4.78, 5) is 0. The zero-order valence-electron chi connectivity index (χ0n) is 17.7. The summed E-state index contributed by atoms with van der Waals surface area (Å²) in [6.45, 7) is 5.43. The molecule has 0 aromatic heterocycles. The molecule has 0 spiro atoms. The highest BCUT2D eigenvalue weighted by molar-refractivity contribution is 6.02. The van der Waals surface area contributed by atoms with Gasteiger partial charge in [-0.15, -0.1) is 0 Å². The van der Waals surface area contributed by atoms with Crippen molar-refractivity contribution in [1.29, 1.82) is 0 Å². The maximum Gasteiger partial charge on any atom is 0.214 e. The lowest BCUT2D eigenvalue weighted by atomic mass is 9.95. The van der Waals surface area contributed by atoms with Crippen LogP contribution in [0.3, 0.4) is 0 Å². The van der Waals surface area contributed by atoms with Gasteiger partial charge in [-0.3, -0.25) is 0 Å². The molecule has 3 aliphatic heterocycles. The van der Waals surface area contributed by atoms with Crippen molar-refractivity contribution in [1.82, 2.24) is 5.01 Å². The number of hydrogen-bond acceptors (Lipinski definition) is 5. The molecule has 0 N–H and O–H groups in total. The smallest absolute Gasteiger partial charge is 0.214 e. The van der Waals surface area contributed by atoms with Crippen molar-refractivity contribution in [2.45, 2.75) is 32.5 Å². The van der Waals surface area contributed by atoms with Gasteiger partial charge in [-0.1, -0.05) is 42.0 Å². The van der Waals surface area contributed by atoms with Crippen molar-refractivity contribution in [3.05, 3.63) is 88.5 Å². The molecular formula is C26H24N2O3. The van der Waals surface area contributed by atoms with Crippen molar-refractivity contribution in [3.63, 3.8) is 0 Å². The molecule has 0 aliphatic carbocycles. The van der Waals surface area contributed by atoms with Gasteiger partial charge in [0.25, 0.3) is 0 Å². The normalized spacial score (nSPS) is 21.1. The van der Waals surface area contributed by atoms with Crippen LogP contribution >= 0.6 is 0 Å². The Morgan fingerprint density at radius 2 is 1.68 bits per heavy atom. The van der Waals surface area contributed by atoms with Gasteiger partial charge in [0.15, 0.2) is 11.5 Å². The van der Waals surface area contributed by atoms with E-state index in [0.717, 1.165) is 40.5 Å². The van der Waals surface area contributed by atoms with E-state index < -0.39 is 0 Å². The monoisotopic (exact) mass is 412 g/mol. The Morgan fingerprint density at radius 1 is 0.839 bits per heavy atom. The number of nitrogens with zero attached hydrogens (tertiary/aromatic N) is 2. The highest BCUT2D eigenvalue weighted by atomic mass is 16.6. The predicted molar refractivity (Wildman–Crippen MR) is 119 cm³/mol. The molecule has 0 amide bonds. The van der Waals surface area contributed by atoms with E-state index in [9.17, 15) is 0 Å². The highest BCUT2D eigenvalue weighted by Gasteiger charge is 2.41. The number of hydrazone groups is 1. The van der Waals surface area contributed by atoms with Crippen molar-refractivity contribution >= 4 is 5.71 Å². The van der Waals surface area contributed by atoms with Gasteiger partial charge >= 0.3 is 0 Å². The van der Waals surface area contributed by atoms with Gasteiger partial charge in [0.2, 0.25) is 6.23 Å². The van der Waals surface area contributed by atoms with Gasteiger partial charge in [-0.2, -0.15) is 5.10 Å². The van der Waals surface area contributed by atoms with Gasteiger partial charge in [-0.25, -0.2) is 5.01 Å². The first-order chi connectivity index (χ1) is 15.2. The van der Waals surface area contributed by atoms with Crippen molar-refractivity contribution in [2.75, 3.05) is 13.2 Å². The van der Waals surface area contributed by atoms with E-state index >= 15 is 0 Å². The molecule has 0 fully saturated rings. The second kappa shape index (κ2) is 7.05. The Balaban J connectivity index is 1.43. The number of aryl methyl sites for hydroxylation is 2. The molecule has 156 valence electrons. The van der Waals surface area contributed by atoms with Crippen molar-refractivity contribution in [2.24, 2.45) is 5.10 Å². The molecule has 3 aliphatic rings. The highest BCUT2D eigenvalue weighted by Crippen LogP contribution is 2.48. The van der Waals surface area contributed by atoms with Crippen LogP contribution in [-0.4, -0.2) is 23.9 Å². The van der Waals surface area contributed by atoms with Crippen LogP contribution in [0.1, 0.15) is 46.5 Å². The Morgan fingerprint density at radius 3 is 2.55 bits per heavy atom. The molecule has 0 saturated carbocycles. The molecule has 5 nitrogen and oxygen atoms in total. The van der Waals surface area contributed by atoms with E-state index in [1.807, 2.05) is 18.2 Å². The molecule has 0 saturated heterocycles. The van der Waals surface area contributed by atoms with E-state index in [0.29, 0.717) is 13.2 Å². The van der Waals surface area contributed by atoms with E-state index in [1.54, 1.807) is 0 Å². The zero-order valence-corrected chi connectivity index (χ0v) is 17.7. The molecular weight excluding hydrogens is 388 g/mol. The summed E-state index contributed by atoms with van der Waals surface area (Å²) < 4.78 is 18.0. The van der Waals surface area contributed by atoms with E-state index in [1.165, 1.54) is 16.7 Å². The number of benzene rings is 3. The van der Waals surface area contributed by atoms with Gasteiger partial charge < -0.3 is 14.2 Å². The van der Waals surface area contributed by atoms with Crippen LogP contribution in [-0.2, 0) is 0 Å². The number of rotatable bonds is 2. The average molecular weight is 412 g/mol. The maximum atomic E-state index is 6.50. The Bertz CT molecular complexity index is 1200. The van der Waals surface area contributed by atoms with Crippen LogP contribution in [0.5, 0.6) is 17.2 Å². The largest absolute Gasteiger partial charge is 0.486 e. The summed E-state index contributed by atoms with van der Waals surface area (Å²) in [5.74, 6) is 2.53. The second-order valence-electron chi connectivity index (χ2n) is 8.37. The Kier molecular flexibility index (Phi) is 4.16. The Hall–Kier alpha value is -3.47. The van der Waals surface area contributed by atoms with Gasteiger partial charge in [0, 0.05) is 23.1 Å². The minimum absolute atomic E-state index is 0.138. The average Bonchev–Trinajstić information content (AvgIpc) is 3.24. The van der Waals surface area contributed by atoms with Crippen LogP contribution in [0.4, 0.5) is 0 Å². The molecule has 6 rings (SSSR count). The second-order valence-corrected chi connectivity index (χ2v) is 8.37. The molecule has 31 heavy (non-hydrogen) atoms. The lowest BCUT2D eigenvalue weighted by molar-refractivity contribution is -0.0194. The maximum absolute atomic E-state index is 6.50. The van der Waals surface area contributed by atoms with Crippen LogP contribution in [0.15, 0.2) is 65.8 Å². The third kappa shape index (κ3) is 3.03. The molecule has 2 atom stereocenters. The molecule has 3 heterocycles. The first-order valence-corrected chi connectivity index (χ1v) is 10.8. The van der Waals surface area contributed by atoms with Gasteiger partial charge in [0.05, 0.1) is 11.8 Å². The number of hydrogen-bond donors (Lipinski definition) is 0. The van der Waals surface area contributed by atoms with Gasteiger partial charge in [0.1, 0.15) is 19.0 Å². The fraction of sp³-hybridized carbons (Fsp3) is 0.269. The molecule has 0 unspecified atom stereocenters. The first kappa shape index (κ1) is 18.3. The summed E-state index contributed by atoms with van der Waals surface area (Å²) in [7, 11) is 0. The first-order valence-electron chi connectivity index (χ1n) is 10.8. The number of fused-ring (bicyclic) bond motifs is 4.